The Morgan fingerprint density at radius 3 is 2.86 bits per heavy atom. The Bertz CT molecular complexity index is 303. The van der Waals surface area contributed by atoms with Gasteiger partial charge in [-0.2, -0.15) is 0 Å². The Morgan fingerprint density at radius 2 is 2.14 bits per heavy atom. The van der Waals surface area contributed by atoms with Gasteiger partial charge in [0.1, 0.15) is 6.10 Å². The second-order valence-corrected chi connectivity index (χ2v) is 4.96. The van der Waals surface area contributed by atoms with Crippen molar-refractivity contribution in [1.82, 2.24) is 0 Å². The predicted octanol–water partition coefficient (Wildman–Crippen LogP) is 2.22. The monoisotopic (exact) mass is 194 g/mol. The lowest BCUT2D eigenvalue weighted by molar-refractivity contribution is -0.126. The van der Waals surface area contributed by atoms with Crippen molar-refractivity contribution < 1.29 is 9.90 Å². The number of aliphatic hydroxyl groups is 1. The zero-order chi connectivity index (χ0) is 10.3. The van der Waals surface area contributed by atoms with Gasteiger partial charge in [0, 0.05) is 0 Å². The SMILES string of the molecule is CC1=C2CCCC[C@]2(C)CC(O)C1=O. The molecular formula is C12H18O2. The molecule has 2 nitrogen and oxygen atoms in total. The Kier molecular flexibility index (Phi) is 2.26. The van der Waals surface area contributed by atoms with Gasteiger partial charge in [-0.05, 0) is 43.6 Å². The van der Waals surface area contributed by atoms with E-state index in [-0.39, 0.29) is 11.2 Å². The molecule has 0 bridgehead atoms. The zero-order valence-electron chi connectivity index (χ0n) is 8.97. The van der Waals surface area contributed by atoms with E-state index in [4.69, 9.17) is 0 Å². The van der Waals surface area contributed by atoms with Gasteiger partial charge in [-0.25, -0.2) is 0 Å². The summed E-state index contributed by atoms with van der Waals surface area (Å²) in [6.07, 6.45) is 4.50. The topological polar surface area (TPSA) is 37.3 Å². The zero-order valence-corrected chi connectivity index (χ0v) is 8.97. The lowest BCUT2D eigenvalue weighted by Crippen LogP contribution is -2.39. The lowest BCUT2D eigenvalue weighted by atomic mass is 9.63. The van der Waals surface area contributed by atoms with Crippen molar-refractivity contribution in [3.63, 3.8) is 0 Å². The average Bonchev–Trinajstić information content (AvgIpc) is 2.14. The lowest BCUT2D eigenvalue weighted by Gasteiger charge is -2.42. The molecule has 14 heavy (non-hydrogen) atoms. The fourth-order valence-electron chi connectivity index (χ4n) is 3.05. The molecule has 1 unspecified atom stereocenters. The summed E-state index contributed by atoms with van der Waals surface area (Å²) in [5.41, 5.74) is 2.26. The van der Waals surface area contributed by atoms with Gasteiger partial charge in [0.15, 0.2) is 5.78 Å². The third-order valence-electron chi connectivity index (χ3n) is 3.90. The van der Waals surface area contributed by atoms with Crippen molar-refractivity contribution in [1.29, 1.82) is 0 Å². The van der Waals surface area contributed by atoms with Gasteiger partial charge in [-0.1, -0.05) is 18.9 Å². The fraction of sp³-hybridized carbons (Fsp3) is 0.750. The molecule has 2 aliphatic rings. The van der Waals surface area contributed by atoms with E-state index in [9.17, 15) is 9.90 Å². The summed E-state index contributed by atoms with van der Waals surface area (Å²) >= 11 is 0. The van der Waals surface area contributed by atoms with E-state index in [0.717, 1.165) is 18.4 Å². The standard InChI is InChI=1S/C12H18O2/c1-8-9-5-3-4-6-12(9,2)7-10(13)11(8)14/h10,13H,3-7H2,1-2H3/t10?,12-/m1/s1. The van der Waals surface area contributed by atoms with E-state index in [1.54, 1.807) is 0 Å². The van der Waals surface area contributed by atoms with Crippen LogP contribution in [0.25, 0.3) is 0 Å². The van der Waals surface area contributed by atoms with Crippen LogP contribution in [-0.2, 0) is 4.79 Å². The first-order valence-electron chi connectivity index (χ1n) is 5.47. The summed E-state index contributed by atoms with van der Waals surface area (Å²) in [6.45, 7) is 4.07. The van der Waals surface area contributed by atoms with Gasteiger partial charge >= 0.3 is 0 Å². The number of ketones is 1. The first-order valence-corrected chi connectivity index (χ1v) is 5.47. The second kappa shape index (κ2) is 3.20. The van der Waals surface area contributed by atoms with Crippen molar-refractivity contribution >= 4 is 5.78 Å². The minimum Gasteiger partial charge on any atom is -0.385 e. The molecule has 0 aromatic heterocycles. The van der Waals surface area contributed by atoms with Crippen LogP contribution in [0.1, 0.15) is 46.0 Å². The number of carbonyl (C=O) groups excluding carboxylic acids is 1. The molecule has 2 rings (SSSR count). The van der Waals surface area contributed by atoms with E-state index < -0.39 is 6.10 Å². The normalized spacial score (nSPS) is 38.5. The first-order chi connectivity index (χ1) is 6.54. The quantitative estimate of drug-likeness (QED) is 0.642. The number of Topliss-reactive ketones (excluding diaryl/α,β-unsaturated/α-hetero) is 1. The Labute approximate surface area is 85.0 Å². The summed E-state index contributed by atoms with van der Waals surface area (Å²) in [6, 6.07) is 0. The largest absolute Gasteiger partial charge is 0.385 e. The van der Waals surface area contributed by atoms with Crippen molar-refractivity contribution in [3.8, 4) is 0 Å². The van der Waals surface area contributed by atoms with E-state index in [1.807, 2.05) is 6.92 Å². The van der Waals surface area contributed by atoms with E-state index in [1.165, 1.54) is 18.4 Å². The van der Waals surface area contributed by atoms with Gasteiger partial charge < -0.3 is 5.11 Å². The smallest absolute Gasteiger partial charge is 0.186 e. The molecule has 78 valence electrons. The van der Waals surface area contributed by atoms with Gasteiger partial charge in [-0.3, -0.25) is 4.79 Å². The maximum atomic E-state index is 11.6. The minimum absolute atomic E-state index is 0.0422. The minimum atomic E-state index is -0.748. The molecule has 2 atom stereocenters. The molecule has 0 aliphatic heterocycles. The highest BCUT2D eigenvalue weighted by atomic mass is 16.3. The average molecular weight is 194 g/mol. The molecule has 2 aliphatic carbocycles. The van der Waals surface area contributed by atoms with Gasteiger partial charge in [0.25, 0.3) is 0 Å². The van der Waals surface area contributed by atoms with Crippen LogP contribution < -0.4 is 0 Å². The van der Waals surface area contributed by atoms with Crippen LogP contribution in [0.5, 0.6) is 0 Å². The molecule has 0 heterocycles. The molecule has 0 saturated heterocycles. The third-order valence-corrected chi connectivity index (χ3v) is 3.90. The highest BCUT2D eigenvalue weighted by Crippen LogP contribution is 2.48. The Balaban J connectivity index is 2.43. The molecule has 0 aromatic carbocycles. The number of hydrogen-bond acceptors (Lipinski definition) is 2. The van der Waals surface area contributed by atoms with Crippen LogP contribution in [0.2, 0.25) is 0 Å². The molecule has 1 fully saturated rings. The molecule has 0 amide bonds. The van der Waals surface area contributed by atoms with Crippen molar-refractivity contribution in [2.45, 2.75) is 52.1 Å². The maximum absolute atomic E-state index is 11.6. The molecule has 0 spiro atoms. The molecule has 1 saturated carbocycles. The van der Waals surface area contributed by atoms with Crippen LogP contribution >= 0.6 is 0 Å². The summed E-state index contributed by atoms with van der Waals surface area (Å²) in [5, 5.41) is 9.67. The van der Waals surface area contributed by atoms with Crippen LogP contribution in [0.3, 0.4) is 0 Å². The van der Waals surface area contributed by atoms with Gasteiger partial charge in [0.05, 0.1) is 0 Å². The number of rotatable bonds is 0. The summed E-state index contributed by atoms with van der Waals surface area (Å²) < 4.78 is 0. The summed E-state index contributed by atoms with van der Waals surface area (Å²) in [5.74, 6) is -0.0422. The molecule has 1 N–H and O–H groups in total. The first kappa shape index (κ1) is 9.91. The highest BCUT2D eigenvalue weighted by molar-refractivity contribution is 6.00. The Hall–Kier alpha value is -0.630. The summed E-state index contributed by atoms with van der Waals surface area (Å²) in [4.78, 5) is 11.6. The fourth-order valence-corrected chi connectivity index (χ4v) is 3.05. The molecule has 0 radical (unpaired) electrons. The van der Waals surface area contributed by atoms with Crippen LogP contribution in [0.15, 0.2) is 11.1 Å². The van der Waals surface area contributed by atoms with Crippen molar-refractivity contribution in [3.05, 3.63) is 11.1 Å². The van der Waals surface area contributed by atoms with E-state index in [2.05, 4.69) is 6.92 Å². The van der Waals surface area contributed by atoms with E-state index >= 15 is 0 Å². The van der Waals surface area contributed by atoms with Gasteiger partial charge in [-0.15, -0.1) is 0 Å². The number of hydrogen-bond donors (Lipinski definition) is 1. The molecule has 2 heteroatoms. The third kappa shape index (κ3) is 1.33. The van der Waals surface area contributed by atoms with Crippen LogP contribution in [-0.4, -0.2) is 17.0 Å². The second-order valence-electron chi connectivity index (χ2n) is 4.96. The number of carbonyl (C=O) groups is 1. The van der Waals surface area contributed by atoms with Crippen LogP contribution in [0.4, 0.5) is 0 Å². The molecule has 0 aromatic rings. The van der Waals surface area contributed by atoms with Gasteiger partial charge in [0.2, 0.25) is 0 Å². The van der Waals surface area contributed by atoms with E-state index in [0.29, 0.717) is 6.42 Å². The highest BCUT2D eigenvalue weighted by Gasteiger charge is 2.41. The Morgan fingerprint density at radius 1 is 1.43 bits per heavy atom. The maximum Gasteiger partial charge on any atom is 0.186 e. The molecular weight excluding hydrogens is 176 g/mol. The predicted molar refractivity (Wildman–Crippen MR) is 54.9 cm³/mol. The number of allylic oxidation sites excluding steroid dienone is 1. The van der Waals surface area contributed by atoms with Crippen molar-refractivity contribution in [2.24, 2.45) is 5.41 Å². The number of aliphatic hydroxyl groups excluding tert-OH is 1. The van der Waals surface area contributed by atoms with Crippen molar-refractivity contribution in [2.75, 3.05) is 0 Å². The number of fused-ring (bicyclic) bond motifs is 1. The van der Waals surface area contributed by atoms with Crippen LogP contribution in [0, 0.1) is 5.41 Å². The summed E-state index contributed by atoms with van der Waals surface area (Å²) in [7, 11) is 0.